The highest BCUT2D eigenvalue weighted by Crippen LogP contribution is 2.37. The Kier molecular flexibility index (Phi) is 4.66. The van der Waals surface area contributed by atoms with Crippen LogP contribution in [-0.4, -0.2) is 22.1 Å². The second-order valence-corrected chi connectivity index (χ2v) is 7.08. The van der Waals surface area contributed by atoms with Crippen LogP contribution in [0.5, 0.6) is 5.75 Å². The fourth-order valence-electron chi connectivity index (χ4n) is 3.76. The Hall–Kier alpha value is -4.43. The molecule has 31 heavy (non-hydrogen) atoms. The van der Waals surface area contributed by atoms with Crippen LogP contribution < -0.4 is 4.74 Å². The standard InChI is InChI=1S/C26H18N4O/c1-31-18-11-9-17(10-12-18)20-14-25(24-8-4-5-13-28-24)30-26(21(20)15-27)22-16-29-23-7-3-2-6-19(22)23/h2-14,16,29H,1H3. The first-order valence-electron chi connectivity index (χ1n) is 9.86. The van der Waals surface area contributed by atoms with Gasteiger partial charge in [-0.1, -0.05) is 36.4 Å². The zero-order valence-electron chi connectivity index (χ0n) is 16.8. The molecule has 0 amide bonds. The molecule has 0 atom stereocenters. The van der Waals surface area contributed by atoms with Gasteiger partial charge in [-0.3, -0.25) is 4.98 Å². The fraction of sp³-hybridized carbons (Fsp3) is 0.0385. The lowest BCUT2D eigenvalue weighted by Crippen LogP contribution is -1.97. The van der Waals surface area contributed by atoms with Gasteiger partial charge in [0.2, 0.25) is 0 Å². The number of aromatic nitrogens is 3. The molecule has 0 aliphatic rings. The van der Waals surface area contributed by atoms with Crippen LogP contribution in [0.15, 0.2) is 85.2 Å². The van der Waals surface area contributed by atoms with Crippen molar-refractivity contribution in [3.8, 4) is 45.6 Å². The monoisotopic (exact) mass is 402 g/mol. The molecule has 3 heterocycles. The number of nitrogens with zero attached hydrogens (tertiary/aromatic N) is 3. The summed E-state index contributed by atoms with van der Waals surface area (Å²) in [5, 5.41) is 11.2. The van der Waals surface area contributed by atoms with Gasteiger partial charge in [0.05, 0.1) is 29.8 Å². The van der Waals surface area contributed by atoms with Gasteiger partial charge in [-0.2, -0.15) is 5.26 Å². The van der Waals surface area contributed by atoms with Crippen LogP contribution in [0.25, 0.3) is 44.7 Å². The molecule has 0 radical (unpaired) electrons. The lowest BCUT2D eigenvalue weighted by molar-refractivity contribution is 0.415. The van der Waals surface area contributed by atoms with E-state index in [1.807, 2.05) is 79.0 Å². The Bertz CT molecular complexity index is 1410. The van der Waals surface area contributed by atoms with E-state index in [-0.39, 0.29) is 0 Å². The Morgan fingerprint density at radius 3 is 2.45 bits per heavy atom. The van der Waals surface area contributed by atoms with Crippen molar-refractivity contribution in [2.45, 2.75) is 0 Å². The summed E-state index contributed by atoms with van der Waals surface area (Å²) in [5.41, 5.74) is 6.23. The molecule has 5 heteroatoms. The van der Waals surface area contributed by atoms with Crippen molar-refractivity contribution in [3.63, 3.8) is 0 Å². The summed E-state index contributed by atoms with van der Waals surface area (Å²) < 4.78 is 5.29. The summed E-state index contributed by atoms with van der Waals surface area (Å²) in [6.45, 7) is 0. The molecule has 0 saturated heterocycles. The topological polar surface area (TPSA) is 74.6 Å². The smallest absolute Gasteiger partial charge is 0.118 e. The number of nitrogens with one attached hydrogen (secondary N) is 1. The maximum Gasteiger partial charge on any atom is 0.118 e. The first kappa shape index (κ1) is 18.6. The van der Waals surface area contributed by atoms with Crippen LogP contribution in [0.1, 0.15) is 5.56 Å². The average molecular weight is 402 g/mol. The molecule has 5 nitrogen and oxygen atoms in total. The van der Waals surface area contributed by atoms with Gasteiger partial charge in [-0.15, -0.1) is 0 Å². The molecule has 3 aromatic heterocycles. The highest BCUT2D eigenvalue weighted by atomic mass is 16.5. The number of fused-ring (bicyclic) bond motifs is 1. The van der Waals surface area contributed by atoms with E-state index in [0.717, 1.165) is 39.0 Å². The zero-order chi connectivity index (χ0) is 21.2. The van der Waals surface area contributed by atoms with Crippen LogP contribution in [0.4, 0.5) is 0 Å². The van der Waals surface area contributed by atoms with Crippen molar-refractivity contribution in [2.75, 3.05) is 7.11 Å². The first-order chi connectivity index (χ1) is 15.3. The van der Waals surface area contributed by atoms with Gasteiger partial charge in [0.25, 0.3) is 0 Å². The Morgan fingerprint density at radius 1 is 0.903 bits per heavy atom. The molecular formula is C26H18N4O. The number of rotatable bonds is 4. The fourth-order valence-corrected chi connectivity index (χ4v) is 3.76. The predicted molar refractivity (Wildman–Crippen MR) is 121 cm³/mol. The molecule has 2 aromatic carbocycles. The molecule has 0 unspecified atom stereocenters. The molecule has 1 N–H and O–H groups in total. The molecule has 148 valence electrons. The minimum absolute atomic E-state index is 0.523. The Labute approximate surface area is 179 Å². The minimum atomic E-state index is 0.523. The number of hydrogen-bond acceptors (Lipinski definition) is 4. The Balaban J connectivity index is 1.81. The van der Waals surface area contributed by atoms with Gasteiger partial charge in [0.1, 0.15) is 11.8 Å². The molecule has 0 aliphatic heterocycles. The van der Waals surface area contributed by atoms with Crippen LogP contribution in [0.3, 0.4) is 0 Å². The third kappa shape index (κ3) is 3.30. The quantitative estimate of drug-likeness (QED) is 0.410. The first-order valence-corrected chi connectivity index (χ1v) is 9.86. The lowest BCUT2D eigenvalue weighted by atomic mass is 9.95. The number of ether oxygens (including phenoxy) is 1. The number of pyridine rings is 2. The van der Waals surface area contributed by atoms with Crippen molar-refractivity contribution >= 4 is 10.9 Å². The minimum Gasteiger partial charge on any atom is -0.497 e. The third-order valence-electron chi connectivity index (χ3n) is 5.30. The van der Waals surface area contributed by atoms with Crippen molar-refractivity contribution in [1.82, 2.24) is 15.0 Å². The van der Waals surface area contributed by atoms with Crippen molar-refractivity contribution < 1.29 is 4.74 Å². The molecule has 5 rings (SSSR count). The van der Waals surface area contributed by atoms with E-state index < -0.39 is 0 Å². The second kappa shape index (κ2) is 7.77. The molecule has 0 aliphatic carbocycles. The predicted octanol–water partition coefficient (Wildman–Crippen LogP) is 5.84. The van der Waals surface area contributed by atoms with Crippen molar-refractivity contribution in [3.05, 3.63) is 90.8 Å². The van der Waals surface area contributed by atoms with E-state index in [9.17, 15) is 5.26 Å². The second-order valence-electron chi connectivity index (χ2n) is 7.08. The van der Waals surface area contributed by atoms with E-state index in [1.54, 1.807) is 13.3 Å². The largest absolute Gasteiger partial charge is 0.497 e. The van der Waals surface area contributed by atoms with E-state index in [4.69, 9.17) is 9.72 Å². The molecule has 0 fully saturated rings. The van der Waals surface area contributed by atoms with Gasteiger partial charge in [-0.25, -0.2) is 4.98 Å². The normalized spacial score (nSPS) is 10.7. The van der Waals surface area contributed by atoms with Crippen LogP contribution >= 0.6 is 0 Å². The molecule has 5 aromatic rings. The maximum absolute atomic E-state index is 10.2. The summed E-state index contributed by atoms with van der Waals surface area (Å²) in [7, 11) is 1.64. The van der Waals surface area contributed by atoms with E-state index >= 15 is 0 Å². The van der Waals surface area contributed by atoms with Gasteiger partial charge >= 0.3 is 0 Å². The van der Waals surface area contributed by atoms with Gasteiger partial charge in [-0.05, 0) is 42.0 Å². The zero-order valence-corrected chi connectivity index (χ0v) is 16.8. The highest BCUT2D eigenvalue weighted by Gasteiger charge is 2.19. The van der Waals surface area contributed by atoms with Crippen LogP contribution in [0, 0.1) is 11.3 Å². The molecule has 0 spiro atoms. The molecular weight excluding hydrogens is 384 g/mol. The summed E-state index contributed by atoms with van der Waals surface area (Å²) in [6.07, 6.45) is 3.65. The highest BCUT2D eigenvalue weighted by molar-refractivity contribution is 5.97. The summed E-state index contributed by atoms with van der Waals surface area (Å²) in [4.78, 5) is 12.7. The SMILES string of the molecule is COc1ccc(-c2cc(-c3ccccn3)nc(-c3c[nH]c4ccccc34)c2C#N)cc1. The van der Waals surface area contributed by atoms with Crippen LogP contribution in [-0.2, 0) is 0 Å². The number of benzene rings is 2. The summed E-state index contributed by atoms with van der Waals surface area (Å²) in [5.74, 6) is 0.762. The number of aromatic amines is 1. The number of methoxy groups -OCH3 is 1. The van der Waals surface area contributed by atoms with E-state index in [2.05, 4.69) is 16.0 Å². The van der Waals surface area contributed by atoms with Gasteiger partial charge < -0.3 is 9.72 Å². The van der Waals surface area contributed by atoms with Crippen molar-refractivity contribution in [2.24, 2.45) is 0 Å². The summed E-state index contributed by atoms with van der Waals surface area (Å²) >= 11 is 0. The van der Waals surface area contributed by atoms with Gasteiger partial charge in [0.15, 0.2) is 0 Å². The number of hydrogen-bond donors (Lipinski definition) is 1. The maximum atomic E-state index is 10.2. The molecule has 0 saturated carbocycles. The molecule has 0 bridgehead atoms. The van der Waals surface area contributed by atoms with E-state index in [0.29, 0.717) is 17.0 Å². The average Bonchev–Trinajstić information content (AvgIpc) is 3.28. The Morgan fingerprint density at radius 2 is 1.71 bits per heavy atom. The third-order valence-corrected chi connectivity index (χ3v) is 5.30. The van der Waals surface area contributed by atoms with Gasteiger partial charge in [0, 0.05) is 34.4 Å². The number of para-hydroxylation sites is 1. The lowest BCUT2D eigenvalue weighted by Gasteiger charge is -2.13. The van der Waals surface area contributed by atoms with Crippen molar-refractivity contribution in [1.29, 1.82) is 5.26 Å². The van der Waals surface area contributed by atoms with E-state index in [1.165, 1.54) is 0 Å². The number of nitriles is 1. The van der Waals surface area contributed by atoms with Crippen LogP contribution in [0.2, 0.25) is 0 Å². The number of H-pyrrole nitrogens is 1. The summed E-state index contributed by atoms with van der Waals surface area (Å²) in [6, 6.07) is 25.8.